The molecule has 0 aliphatic carbocycles. The van der Waals surface area contributed by atoms with E-state index in [4.69, 9.17) is 14.2 Å². The topological polar surface area (TPSA) is 97.2 Å². The molecule has 0 radical (unpaired) electrons. The molecule has 36 heavy (non-hydrogen) atoms. The van der Waals surface area contributed by atoms with Gasteiger partial charge in [-0.2, -0.15) is 0 Å². The Morgan fingerprint density at radius 2 is 1.64 bits per heavy atom. The van der Waals surface area contributed by atoms with Crippen molar-refractivity contribution in [2.45, 2.75) is 18.6 Å². The molecular weight excluding hydrogens is 460 g/mol. The zero-order valence-electron chi connectivity index (χ0n) is 20.0. The zero-order valence-corrected chi connectivity index (χ0v) is 20.0. The Morgan fingerprint density at radius 1 is 0.972 bits per heavy atom. The highest BCUT2D eigenvalue weighted by Crippen LogP contribution is 2.34. The summed E-state index contributed by atoms with van der Waals surface area (Å²) in [5, 5.41) is 4.29. The Balaban J connectivity index is 1.47. The number of methoxy groups -OCH3 is 1. The fourth-order valence-electron chi connectivity index (χ4n) is 4.15. The molecule has 0 saturated carbocycles. The summed E-state index contributed by atoms with van der Waals surface area (Å²) in [7, 11) is 1.25. The van der Waals surface area contributed by atoms with Crippen molar-refractivity contribution in [2.24, 2.45) is 0 Å². The molecule has 1 unspecified atom stereocenters. The Hall–Kier alpha value is -4.17. The first kappa shape index (κ1) is 23.6. The molecule has 2 aliphatic heterocycles. The number of hydrogen-bond acceptors (Lipinski definition) is 7. The average molecular weight is 487 g/mol. The van der Waals surface area contributed by atoms with E-state index in [1.165, 1.54) is 7.11 Å². The van der Waals surface area contributed by atoms with Crippen LogP contribution < -0.4 is 5.32 Å². The van der Waals surface area contributed by atoms with Crippen molar-refractivity contribution in [1.29, 1.82) is 0 Å². The lowest BCUT2D eigenvalue weighted by molar-refractivity contribution is -0.139. The van der Waals surface area contributed by atoms with E-state index in [1.807, 2.05) is 65.6 Å². The number of benzene rings is 3. The van der Waals surface area contributed by atoms with E-state index in [0.29, 0.717) is 16.6 Å². The summed E-state index contributed by atoms with van der Waals surface area (Å²) in [6.07, 6.45) is -1.28. The molecule has 0 spiro atoms. The summed E-state index contributed by atoms with van der Waals surface area (Å²) in [4.78, 5) is 41.5. The number of epoxide rings is 1. The number of rotatable bonds is 8. The quantitative estimate of drug-likeness (QED) is 0.297. The second kappa shape index (κ2) is 9.47. The SMILES string of the molecule is COC(=O)/C(NC(=O)C(OC(=O)c1cccc2ccccc12)[C@]1(C)CO1)=C(/c1ccccc1)N1CC1. The molecule has 3 aromatic carbocycles. The summed E-state index contributed by atoms with van der Waals surface area (Å²) in [5.41, 5.74) is 0.638. The lowest BCUT2D eigenvalue weighted by Gasteiger charge is -2.23. The molecule has 0 aromatic heterocycles. The second-order valence-electron chi connectivity index (χ2n) is 8.97. The van der Waals surface area contributed by atoms with Gasteiger partial charge in [0.2, 0.25) is 6.10 Å². The van der Waals surface area contributed by atoms with Gasteiger partial charge >= 0.3 is 11.9 Å². The summed E-state index contributed by atoms with van der Waals surface area (Å²) < 4.78 is 16.2. The van der Waals surface area contributed by atoms with Crippen LogP contribution in [0.25, 0.3) is 16.5 Å². The Kier molecular flexibility index (Phi) is 6.20. The number of amides is 1. The van der Waals surface area contributed by atoms with Crippen LogP contribution in [0.2, 0.25) is 0 Å². The molecule has 8 nitrogen and oxygen atoms in total. The standard InChI is InChI=1S/C28H26N2O6/c1-28(17-35-28)24(36-26(32)21-14-8-12-18-9-6-7-13-20(18)21)25(31)29-22(27(33)34-2)23(30-15-16-30)19-10-4-3-5-11-19/h3-14,24H,15-17H2,1-2H3,(H,29,31)/b23-22+/t24?,28-/m0/s1. The maximum atomic E-state index is 13.5. The van der Waals surface area contributed by atoms with Crippen molar-refractivity contribution in [1.82, 2.24) is 10.2 Å². The third-order valence-electron chi connectivity index (χ3n) is 6.31. The van der Waals surface area contributed by atoms with Gasteiger partial charge in [-0.15, -0.1) is 0 Å². The van der Waals surface area contributed by atoms with Crippen molar-refractivity contribution in [3.8, 4) is 0 Å². The van der Waals surface area contributed by atoms with E-state index >= 15 is 0 Å². The van der Waals surface area contributed by atoms with Gasteiger partial charge in [-0.05, 0) is 23.8 Å². The molecule has 2 saturated heterocycles. The van der Waals surface area contributed by atoms with Gasteiger partial charge in [-0.3, -0.25) is 4.79 Å². The molecule has 8 heteroatoms. The molecule has 5 rings (SSSR count). The predicted molar refractivity (Wildman–Crippen MR) is 133 cm³/mol. The van der Waals surface area contributed by atoms with Crippen LogP contribution >= 0.6 is 0 Å². The van der Waals surface area contributed by atoms with Gasteiger partial charge in [0.25, 0.3) is 5.91 Å². The molecule has 184 valence electrons. The number of nitrogens with one attached hydrogen (secondary N) is 1. The smallest absolute Gasteiger partial charge is 0.356 e. The Labute approximate surface area is 208 Å². The molecule has 2 atom stereocenters. The van der Waals surface area contributed by atoms with Crippen LogP contribution in [0.1, 0.15) is 22.8 Å². The number of nitrogens with zero attached hydrogens (tertiary/aromatic N) is 1. The zero-order chi connectivity index (χ0) is 25.3. The van der Waals surface area contributed by atoms with Crippen LogP contribution in [0.5, 0.6) is 0 Å². The molecule has 2 aliphatic rings. The van der Waals surface area contributed by atoms with E-state index in [2.05, 4.69) is 5.32 Å². The molecule has 2 fully saturated rings. The number of carbonyl (C=O) groups is 3. The Bertz CT molecular complexity index is 1350. The van der Waals surface area contributed by atoms with Crippen LogP contribution in [-0.2, 0) is 23.8 Å². The van der Waals surface area contributed by atoms with Crippen LogP contribution in [0, 0.1) is 0 Å². The first-order valence-electron chi connectivity index (χ1n) is 11.7. The molecular formula is C28H26N2O6. The highest BCUT2D eigenvalue weighted by atomic mass is 16.6. The number of ether oxygens (including phenoxy) is 3. The van der Waals surface area contributed by atoms with Gasteiger partial charge in [0.1, 0.15) is 5.60 Å². The number of hydrogen-bond donors (Lipinski definition) is 1. The van der Waals surface area contributed by atoms with Crippen LogP contribution in [-0.4, -0.2) is 61.3 Å². The van der Waals surface area contributed by atoms with Crippen LogP contribution in [0.3, 0.4) is 0 Å². The Morgan fingerprint density at radius 3 is 2.31 bits per heavy atom. The minimum absolute atomic E-state index is 0.0124. The van der Waals surface area contributed by atoms with Crippen molar-refractivity contribution in [3.63, 3.8) is 0 Å². The van der Waals surface area contributed by atoms with E-state index in [0.717, 1.165) is 24.0 Å². The highest BCUT2D eigenvalue weighted by Gasteiger charge is 2.54. The minimum atomic E-state index is -1.28. The maximum absolute atomic E-state index is 13.5. The average Bonchev–Trinajstić information content (AvgIpc) is 3.84. The molecule has 0 bridgehead atoms. The monoisotopic (exact) mass is 486 g/mol. The van der Waals surface area contributed by atoms with Gasteiger partial charge in [0, 0.05) is 18.7 Å². The van der Waals surface area contributed by atoms with Gasteiger partial charge in [-0.1, -0.05) is 66.7 Å². The maximum Gasteiger partial charge on any atom is 0.356 e. The van der Waals surface area contributed by atoms with Gasteiger partial charge in [0.15, 0.2) is 5.70 Å². The van der Waals surface area contributed by atoms with E-state index in [1.54, 1.807) is 19.1 Å². The van der Waals surface area contributed by atoms with Gasteiger partial charge in [0.05, 0.1) is 25.0 Å². The first-order chi connectivity index (χ1) is 17.4. The van der Waals surface area contributed by atoms with E-state index in [9.17, 15) is 14.4 Å². The van der Waals surface area contributed by atoms with Gasteiger partial charge in [-0.25, -0.2) is 9.59 Å². The third-order valence-corrected chi connectivity index (χ3v) is 6.31. The van der Waals surface area contributed by atoms with E-state index < -0.39 is 29.6 Å². The molecule has 1 N–H and O–H groups in total. The highest BCUT2D eigenvalue weighted by molar-refractivity contribution is 6.06. The minimum Gasteiger partial charge on any atom is -0.464 e. The molecule has 3 aromatic rings. The lowest BCUT2D eigenvalue weighted by atomic mass is 10.0. The first-order valence-corrected chi connectivity index (χ1v) is 11.7. The number of fused-ring (bicyclic) bond motifs is 1. The number of carbonyl (C=O) groups excluding carboxylic acids is 3. The van der Waals surface area contributed by atoms with Crippen molar-refractivity contribution in [3.05, 3.63) is 89.6 Å². The fraction of sp³-hybridized carbons (Fsp3) is 0.250. The lowest BCUT2D eigenvalue weighted by Crippen LogP contribution is -2.47. The number of esters is 2. The third kappa shape index (κ3) is 4.67. The molecule has 1 amide bonds. The summed E-state index contributed by atoms with van der Waals surface area (Å²) in [5.74, 6) is -2.02. The summed E-state index contributed by atoms with van der Waals surface area (Å²) >= 11 is 0. The van der Waals surface area contributed by atoms with E-state index in [-0.39, 0.29) is 12.3 Å². The van der Waals surface area contributed by atoms with Crippen molar-refractivity contribution < 1.29 is 28.6 Å². The summed E-state index contributed by atoms with van der Waals surface area (Å²) in [6.45, 7) is 3.41. The fourth-order valence-corrected chi connectivity index (χ4v) is 4.15. The molecule has 2 heterocycles. The summed E-state index contributed by atoms with van der Waals surface area (Å²) in [6, 6.07) is 22.0. The second-order valence-corrected chi connectivity index (χ2v) is 8.97. The van der Waals surface area contributed by atoms with Gasteiger partial charge < -0.3 is 24.4 Å². The van der Waals surface area contributed by atoms with Crippen LogP contribution in [0.4, 0.5) is 0 Å². The van der Waals surface area contributed by atoms with Crippen molar-refractivity contribution >= 4 is 34.3 Å². The normalized spacial score (nSPS) is 19.7. The van der Waals surface area contributed by atoms with Crippen molar-refractivity contribution in [2.75, 3.05) is 26.8 Å². The predicted octanol–water partition coefficient (Wildman–Crippen LogP) is 3.13. The largest absolute Gasteiger partial charge is 0.464 e. The van der Waals surface area contributed by atoms with Crippen LogP contribution in [0.15, 0.2) is 78.5 Å².